The van der Waals surface area contributed by atoms with E-state index in [1.54, 1.807) is 20.8 Å². The van der Waals surface area contributed by atoms with Crippen molar-refractivity contribution in [2.75, 3.05) is 6.61 Å². The molecule has 0 aromatic carbocycles. The van der Waals surface area contributed by atoms with Gasteiger partial charge in [0.05, 0.1) is 73.2 Å². The minimum atomic E-state index is -1.72. The van der Waals surface area contributed by atoms with Crippen LogP contribution in [0.25, 0.3) is 0 Å². The third kappa shape index (κ3) is 17.4. The summed E-state index contributed by atoms with van der Waals surface area (Å²) < 4.78 is 0. The molecule has 0 aliphatic heterocycles. The molecule has 0 fully saturated rings. The minimum Gasteiger partial charge on any atom is -0.396 e. The highest BCUT2D eigenvalue weighted by atomic mass is 16.4. The van der Waals surface area contributed by atoms with Gasteiger partial charge in [0.25, 0.3) is 0 Å². The van der Waals surface area contributed by atoms with E-state index < -0.39 is 104 Å². The summed E-state index contributed by atoms with van der Waals surface area (Å²) in [4.78, 5) is 0. The number of aliphatic hydroxyl groups excluding tert-OH is 14. The van der Waals surface area contributed by atoms with E-state index in [0.717, 1.165) is 0 Å². The van der Waals surface area contributed by atoms with Crippen LogP contribution in [0.5, 0.6) is 0 Å². The highest BCUT2D eigenvalue weighted by Crippen LogP contribution is 2.24. The lowest BCUT2D eigenvalue weighted by molar-refractivity contribution is -0.0924. The summed E-state index contributed by atoms with van der Waals surface area (Å²) in [6, 6.07) is 0. The summed E-state index contributed by atoms with van der Waals surface area (Å²) in [5, 5.41) is 141. The van der Waals surface area contributed by atoms with Crippen molar-refractivity contribution >= 4 is 0 Å². The number of aliphatic hydroxyl groups is 14. The first kappa shape index (κ1) is 43.4. The minimum absolute atomic E-state index is 0.0123. The average molecular weight is 647 g/mol. The molecule has 0 bridgehead atoms. The normalized spacial score (nSPS) is 23.6. The standard InChI is InChI=1S/C30H62O14/c1-15(5-6-23(37)17(3)26(40)12-25(39)16(2)14-31)24(38)13-29(43)30(44)28(42)11-22(36)9-20(34)7-19(33)8-21(35)10-27(41)18(4)32/h15-44H,5-14H2,1-4H3. The van der Waals surface area contributed by atoms with Crippen molar-refractivity contribution in [3.8, 4) is 0 Å². The highest BCUT2D eigenvalue weighted by molar-refractivity contribution is 4.83. The van der Waals surface area contributed by atoms with Crippen LogP contribution in [0.1, 0.15) is 85.5 Å². The fourth-order valence-electron chi connectivity index (χ4n) is 5.06. The molecule has 0 aromatic rings. The van der Waals surface area contributed by atoms with Crippen molar-refractivity contribution < 1.29 is 71.5 Å². The van der Waals surface area contributed by atoms with Crippen LogP contribution in [0.3, 0.4) is 0 Å². The zero-order chi connectivity index (χ0) is 34.3. The Bertz CT molecular complexity index is 717. The second-order valence-electron chi connectivity index (χ2n) is 13.0. The van der Waals surface area contributed by atoms with E-state index in [-0.39, 0.29) is 51.6 Å². The predicted octanol–water partition coefficient (Wildman–Crippen LogP) is -2.89. The predicted molar refractivity (Wildman–Crippen MR) is 160 cm³/mol. The van der Waals surface area contributed by atoms with Gasteiger partial charge in [-0.2, -0.15) is 0 Å². The highest BCUT2D eigenvalue weighted by Gasteiger charge is 2.32. The van der Waals surface area contributed by atoms with Gasteiger partial charge in [-0.1, -0.05) is 20.8 Å². The van der Waals surface area contributed by atoms with Gasteiger partial charge in [-0.25, -0.2) is 0 Å². The van der Waals surface area contributed by atoms with Crippen LogP contribution in [-0.2, 0) is 0 Å². The summed E-state index contributed by atoms with van der Waals surface area (Å²) in [5.41, 5.74) is 0. The Kier molecular flexibility index (Phi) is 21.8. The van der Waals surface area contributed by atoms with Gasteiger partial charge in [-0.05, 0) is 51.4 Å². The smallest absolute Gasteiger partial charge is 0.106 e. The third-order valence-electron chi connectivity index (χ3n) is 8.70. The fourth-order valence-corrected chi connectivity index (χ4v) is 5.06. The van der Waals surface area contributed by atoms with Gasteiger partial charge in [-0.15, -0.1) is 0 Å². The van der Waals surface area contributed by atoms with E-state index >= 15 is 0 Å². The third-order valence-corrected chi connectivity index (χ3v) is 8.70. The molecule has 0 heterocycles. The van der Waals surface area contributed by atoms with Gasteiger partial charge in [0, 0.05) is 37.7 Å². The number of rotatable bonds is 25. The van der Waals surface area contributed by atoms with Crippen molar-refractivity contribution in [1.29, 1.82) is 0 Å². The van der Waals surface area contributed by atoms with Gasteiger partial charge in [0.2, 0.25) is 0 Å². The van der Waals surface area contributed by atoms with Crippen molar-refractivity contribution in [2.45, 2.75) is 165 Å². The van der Waals surface area contributed by atoms with Crippen molar-refractivity contribution in [1.82, 2.24) is 0 Å². The molecule has 0 aromatic heterocycles. The van der Waals surface area contributed by atoms with Gasteiger partial charge in [-0.3, -0.25) is 0 Å². The maximum atomic E-state index is 10.5. The van der Waals surface area contributed by atoms with Crippen LogP contribution in [0.4, 0.5) is 0 Å². The average Bonchev–Trinajstić information content (AvgIpc) is 2.93. The van der Waals surface area contributed by atoms with Crippen LogP contribution in [0.2, 0.25) is 0 Å². The topological polar surface area (TPSA) is 283 Å². The molecule has 14 heteroatoms. The summed E-state index contributed by atoms with van der Waals surface area (Å²) in [6.07, 6.45) is -17.0. The first-order valence-corrected chi connectivity index (χ1v) is 15.8. The van der Waals surface area contributed by atoms with E-state index in [9.17, 15) is 66.4 Å². The molecule has 0 saturated heterocycles. The van der Waals surface area contributed by atoms with Crippen LogP contribution in [0.15, 0.2) is 0 Å². The maximum absolute atomic E-state index is 10.5. The Morgan fingerprint density at radius 3 is 1.20 bits per heavy atom. The zero-order valence-electron chi connectivity index (χ0n) is 26.6. The lowest BCUT2D eigenvalue weighted by Gasteiger charge is -2.30. The van der Waals surface area contributed by atoms with E-state index in [4.69, 9.17) is 5.11 Å². The second-order valence-corrected chi connectivity index (χ2v) is 13.0. The Hall–Kier alpha value is -0.560. The van der Waals surface area contributed by atoms with Crippen molar-refractivity contribution in [2.24, 2.45) is 17.8 Å². The van der Waals surface area contributed by atoms with E-state index in [1.165, 1.54) is 6.92 Å². The van der Waals surface area contributed by atoms with Gasteiger partial charge >= 0.3 is 0 Å². The Morgan fingerprint density at radius 1 is 0.364 bits per heavy atom. The van der Waals surface area contributed by atoms with Crippen molar-refractivity contribution in [3.63, 3.8) is 0 Å². The Morgan fingerprint density at radius 2 is 0.750 bits per heavy atom. The summed E-state index contributed by atoms with van der Waals surface area (Å²) in [7, 11) is 0. The number of hydrogen-bond acceptors (Lipinski definition) is 14. The Labute approximate surface area is 260 Å². The lowest BCUT2D eigenvalue weighted by atomic mass is 9.85. The van der Waals surface area contributed by atoms with E-state index in [2.05, 4.69) is 0 Å². The Balaban J connectivity index is 4.59. The SMILES string of the molecule is CC(O)C(O)CC(O)CC(O)CC(O)CC(O)CC(O)C(O)C(O)CC(O)C(C)CCC(O)C(C)C(O)CC(O)C(C)CO. The van der Waals surface area contributed by atoms with Crippen LogP contribution >= 0.6 is 0 Å². The summed E-state index contributed by atoms with van der Waals surface area (Å²) in [5.74, 6) is -1.44. The van der Waals surface area contributed by atoms with Gasteiger partial charge < -0.3 is 71.5 Å². The van der Waals surface area contributed by atoms with Crippen LogP contribution < -0.4 is 0 Å². The molecular formula is C30H62O14. The van der Waals surface area contributed by atoms with E-state index in [0.29, 0.717) is 6.42 Å². The molecule has 0 aliphatic carbocycles. The van der Waals surface area contributed by atoms with Crippen LogP contribution in [0, 0.1) is 17.8 Å². The lowest BCUT2D eigenvalue weighted by Crippen LogP contribution is -2.42. The number of hydrogen-bond donors (Lipinski definition) is 14. The molecule has 14 N–H and O–H groups in total. The quantitative estimate of drug-likeness (QED) is 0.0474. The molecule has 0 saturated carbocycles. The first-order valence-electron chi connectivity index (χ1n) is 15.8. The molecule has 44 heavy (non-hydrogen) atoms. The maximum Gasteiger partial charge on any atom is 0.106 e. The van der Waals surface area contributed by atoms with Crippen LogP contribution in [-0.4, -0.2) is 157 Å². The molecule has 0 radical (unpaired) electrons. The summed E-state index contributed by atoms with van der Waals surface area (Å²) >= 11 is 0. The molecule has 16 atom stereocenters. The van der Waals surface area contributed by atoms with Crippen molar-refractivity contribution in [3.05, 3.63) is 0 Å². The monoisotopic (exact) mass is 646 g/mol. The first-order chi connectivity index (χ1) is 20.3. The van der Waals surface area contributed by atoms with Gasteiger partial charge in [0.15, 0.2) is 0 Å². The molecular weight excluding hydrogens is 584 g/mol. The molecule has 16 unspecified atom stereocenters. The molecule has 0 amide bonds. The molecule has 14 nitrogen and oxygen atoms in total. The van der Waals surface area contributed by atoms with Gasteiger partial charge in [0.1, 0.15) is 6.10 Å². The molecule has 0 aliphatic rings. The fraction of sp³-hybridized carbons (Fsp3) is 1.00. The summed E-state index contributed by atoms with van der Waals surface area (Å²) in [6.45, 7) is 6.06. The molecule has 0 spiro atoms. The van der Waals surface area contributed by atoms with E-state index in [1.807, 2.05) is 0 Å². The second kappa shape index (κ2) is 22.1. The largest absolute Gasteiger partial charge is 0.396 e. The molecule has 266 valence electrons. The molecule has 0 rings (SSSR count). The zero-order valence-corrected chi connectivity index (χ0v) is 26.6.